The molecule has 2 aromatic carbocycles. The molecule has 1 saturated heterocycles. The number of nitrogens with one attached hydrogen (secondary N) is 1. The lowest BCUT2D eigenvalue weighted by molar-refractivity contribution is -0.140. The van der Waals surface area contributed by atoms with Crippen LogP contribution in [0.1, 0.15) is 43.2 Å². The van der Waals surface area contributed by atoms with E-state index >= 15 is 0 Å². The minimum atomic E-state index is -0.245. The Kier molecular flexibility index (Phi) is 6.49. The lowest BCUT2D eigenvalue weighted by Gasteiger charge is -2.19. The van der Waals surface area contributed by atoms with Crippen LogP contribution in [0.2, 0.25) is 0 Å². The van der Waals surface area contributed by atoms with Gasteiger partial charge in [0.15, 0.2) is 0 Å². The maximum Gasteiger partial charge on any atom is 0.233 e. The molecule has 180 valence electrons. The van der Waals surface area contributed by atoms with Crippen molar-refractivity contribution in [2.45, 2.75) is 45.6 Å². The summed E-state index contributed by atoms with van der Waals surface area (Å²) in [4.78, 5) is 39.7. The molecule has 3 amide bonds. The van der Waals surface area contributed by atoms with Crippen molar-refractivity contribution in [3.63, 3.8) is 0 Å². The maximum atomic E-state index is 12.9. The van der Waals surface area contributed by atoms with E-state index in [1.807, 2.05) is 61.5 Å². The summed E-state index contributed by atoms with van der Waals surface area (Å²) in [5.74, 6) is -0.257. The first kappa shape index (κ1) is 23.0. The van der Waals surface area contributed by atoms with Crippen LogP contribution in [0, 0.1) is 18.8 Å². The molecule has 2 aliphatic rings. The quantitative estimate of drug-likeness (QED) is 0.519. The molecule has 0 spiro atoms. The Bertz CT molecular complexity index is 1230. The monoisotopic (exact) mass is 470 g/mol. The second kappa shape index (κ2) is 9.86. The van der Waals surface area contributed by atoms with Gasteiger partial charge in [-0.25, -0.2) is 4.68 Å². The van der Waals surface area contributed by atoms with E-state index in [0.717, 1.165) is 48.1 Å². The van der Waals surface area contributed by atoms with E-state index in [1.165, 1.54) is 4.90 Å². The van der Waals surface area contributed by atoms with Crippen molar-refractivity contribution in [3.8, 4) is 11.3 Å². The van der Waals surface area contributed by atoms with Gasteiger partial charge < -0.3 is 5.32 Å². The lowest BCUT2D eigenvalue weighted by atomic mass is 9.81. The summed E-state index contributed by atoms with van der Waals surface area (Å²) in [5, 5.41) is 7.73. The molecule has 1 N–H and O–H groups in total. The van der Waals surface area contributed by atoms with Crippen LogP contribution in [0.5, 0.6) is 0 Å². The number of rotatable bonds is 7. The molecule has 5 rings (SSSR count). The van der Waals surface area contributed by atoms with Gasteiger partial charge in [-0.2, -0.15) is 5.10 Å². The second-order valence-corrected chi connectivity index (χ2v) is 9.55. The molecule has 0 radical (unpaired) electrons. The molecule has 1 aliphatic heterocycles. The van der Waals surface area contributed by atoms with E-state index in [1.54, 1.807) is 4.68 Å². The summed E-state index contributed by atoms with van der Waals surface area (Å²) < 4.78 is 1.78. The van der Waals surface area contributed by atoms with E-state index in [4.69, 9.17) is 5.10 Å². The van der Waals surface area contributed by atoms with E-state index < -0.39 is 0 Å². The Morgan fingerprint density at radius 2 is 1.69 bits per heavy atom. The Morgan fingerprint density at radius 1 is 0.971 bits per heavy atom. The van der Waals surface area contributed by atoms with Gasteiger partial charge in [0.1, 0.15) is 5.82 Å². The highest BCUT2D eigenvalue weighted by molar-refractivity contribution is 6.05. The number of hydrogen-bond acceptors (Lipinski definition) is 4. The molecule has 7 nitrogen and oxygen atoms in total. The number of hydrogen-bond donors (Lipinski definition) is 1. The highest BCUT2D eigenvalue weighted by Gasteiger charge is 2.47. The molecule has 35 heavy (non-hydrogen) atoms. The Morgan fingerprint density at radius 3 is 2.37 bits per heavy atom. The van der Waals surface area contributed by atoms with Gasteiger partial charge >= 0.3 is 0 Å². The molecule has 7 heteroatoms. The highest BCUT2D eigenvalue weighted by Crippen LogP contribution is 2.38. The van der Waals surface area contributed by atoms with Crippen LogP contribution in [0.25, 0.3) is 11.3 Å². The molecule has 0 bridgehead atoms. The Balaban J connectivity index is 1.31. The number of aromatic nitrogens is 2. The Hall–Kier alpha value is -3.74. The molecule has 2 atom stereocenters. The zero-order chi connectivity index (χ0) is 24.4. The normalized spacial score (nSPS) is 19.6. The zero-order valence-corrected chi connectivity index (χ0v) is 19.9. The highest BCUT2D eigenvalue weighted by atomic mass is 16.2. The molecule has 1 aliphatic carbocycles. The molecule has 0 unspecified atom stereocenters. The van der Waals surface area contributed by atoms with Gasteiger partial charge in [0.05, 0.1) is 24.1 Å². The number of carbonyl (C=O) groups excluding carboxylic acids is 3. The van der Waals surface area contributed by atoms with E-state index in [-0.39, 0.29) is 42.5 Å². The molecule has 1 aromatic heterocycles. The molecule has 3 aromatic rings. The zero-order valence-electron chi connectivity index (χ0n) is 19.9. The first-order valence-electron chi connectivity index (χ1n) is 12.3. The van der Waals surface area contributed by atoms with Crippen molar-refractivity contribution in [2.24, 2.45) is 11.8 Å². The van der Waals surface area contributed by atoms with Gasteiger partial charge in [-0.3, -0.25) is 19.3 Å². The molecule has 2 fully saturated rings. The van der Waals surface area contributed by atoms with Gasteiger partial charge in [0.25, 0.3) is 0 Å². The number of amides is 3. The van der Waals surface area contributed by atoms with E-state index in [2.05, 4.69) is 11.4 Å². The summed E-state index contributed by atoms with van der Waals surface area (Å²) in [6, 6.07) is 19.9. The number of fused-ring (bicyclic) bond motifs is 1. The van der Waals surface area contributed by atoms with Crippen LogP contribution in [0.15, 0.2) is 60.7 Å². The van der Waals surface area contributed by atoms with E-state index in [9.17, 15) is 14.4 Å². The molecular formula is C28H30N4O3. The average molecular weight is 471 g/mol. The molecule has 2 heterocycles. The van der Waals surface area contributed by atoms with Crippen molar-refractivity contribution in [2.75, 3.05) is 11.9 Å². The molecular weight excluding hydrogens is 440 g/mol. The third-order valence-electron chi connectivity index (χ3n) is 7.03. The summed E-state index contributed by atoms with van der Waals surface area (Å²) in [6.07, 6.45) is 3.59. The number of likely N-dealkylation sites (tertiary alicyclic amines) is 1. The maximum absolute atomic E-state index is 12.9. The van der Waals surface area contributed by atoms with Crippen LogP contribution in [-0.2, 0) is 20.9 Å². The number of carbonyl (C=O) groups is 3. The minimum absolute atomic E-state index is 0.0627. The minimum Gasteiger partial charge on any atom is -0.311 e. The number of benzene rings is 2. The van der Waals surface area contributed by atoms with Gasteiger partial charge in [0, 0.05) is 24.6 Å². The summed E-state index contributed by atoms with van der Waals surface area (Å²) in [5.41, 5.74) is 3.95. The van der Waals surface area contributed by atoms with Gasteiger partial charge in [-0.05, 0) is 31.4 Å². The lowest BCUT2D eigenvalue weighted by Crippen LogP contribution is -2.34. The van der Waals surface area contributed by atoms with Crippen molar-refractivity contribution in [1.29, 1.82) is 0 Å². The van der Waals surface area contributed by atoms with Gasteiger partial charge in [-0.1, -0.05) is 66.9 Å². The van der Waals surface area contributed by atoms with Crippen LogP contribution in [-0.4, -0.2) is 38.9 Å². The summed E-state index contributed by atoms with van der Waals surface area (Å²) in [7, 11) is 0. The molecule has 1 saturated carbocycles. The number of imide groups is 1. The largest absolute Gasteiger partial charge is 0.311 e. The van der Waals surface area contributed by atoms with Gasteiger partial charge in [0.2, 0.25) is 17.7 Å². The second-order valence-electron chi connectivity index (χ2n) is 9.55. The Labute approximate surface area is 205 Å². The summed E-state index contributed by atoms with van der Waals surface area (Å²) in [6.45, 7) is 2.66. The fourth-order valence-electron chi connectivity index (χ4n) is 5.21. The predicted octanol–water partition coefficient (Wildman–Crippen LogP) is 4.41. The SMILES string of the molecule is Cc1cccc(-c2cc(NC(=O)CCN3C(=O)[C@H]4CCCC[C@H]4C3=O)n(Cc3ccccc3)n2)c1. The third kappa shape index (κ3) is 4.90. The van der Waals surface area contributed by atoms with Crippen molar-refractivity contribution in [1.82, 2.24) is 14.7 Å². The first-order valence-corrected chi connectivity index (χ1v) is 12.3. The number of aryl methyl sites for hydroxylation is 1. The fourth-order valence-corrected chi connectivity index (χ4v) is 5.21. The standard InChI is InChI=1S/C28H30N4O3/c1-19-8-7-11-21(16-19)24-17-25(32(30-24)18-20-9-3-2-4-10-20)29-26(33)14-15-31-27(34)22-12-5-6-13-23(22)28(31)35/h2-4,7-11,16-17,22-23H,5-6,12-15,18H2,1H3,(H,29,33)/t22-,23+. The van der Waals surface area contributed by atoms with Crippen LogP contribution in [0.3, 0.4) is 0 Å². The topological polar surface area (TPSA) is 84.3 Å². The number of anilines is 1. The van der Waals surface area contributed by atoms with Crippen molar-refractivity contribution < 1.29 is 14.4 Å². The van der Waals surface area contributed by atoms with Crippen LogP contribution < -0.4 is 5.32 Å². The van der Waals surface area contributed by atoms with Crippen molar-refractivity contribution >= 4 is 23.5 Å². The number of nitrogens with zero attached hydrogens (tertiary/aromatic N) is 3. The fraction of sp³-hybridized carbons (Fsp3) is 0.357. The smallest absolute Gasteiger partial charge is 0.233 e. The average Bonchev–Trinajstić information content (AvgIpc) is 3.36. The van der Waals surface area contributed by atoms with Crippen LogP contribution >= 0.6 is 0 Å². The third-order valence-corrected chi connectivity index (χ3v) is 7.03. The van der Waals surface area contributed by atoms with E-state index in [0.29, 0.717) is 12.4 Å². The van der Waals surface area contributed by atoms with Gasteiger partial charge in [-0.15, -0.1) is 0 Å². The summed E-state index contributed by atoms with van der Waals surface area (Å²) >= 11 is 0. The predicted molar refractivity (Wildman–Crippen MR) is 133 cm³/mol. The first-order chi connectivity index (χ1) is 17.0. The van der Waals surface area contributed by atoms with Crippen molar-refractivity contribution in [3.05, 3.63) is 71.8 Å². The van der Waals surface area contributed by atoms with Crippen LogP contribution in [0.4, 0.5) is 5.82 Å².